The van der Waals surface area contributed by atoms with Crippen LogP contribution in [0.25, 0.3) is 11.1 Å². The number of anilines is 1. The van der Waals surface area contributed by atoms with E-state index in [1.807, 2.05) is 30.5 Å². The Hall–Kier alpha value is -4.26. The predicted octanol–water partition coefficient (Wildman–Crippen LogP) is 1.77. The number of ether oxygens (including phenoxy) is 1. The Morgan fingerprint density at radius 3 is 2.71 bits per heavy atom. The van der Waals surface area contributed by atoms with Gasteiger partial charge in [-0.1, -0.05) is 17.3 Å². The Bertz CT molecular complexity index is 1370. The number of nitrogens with zero attached hydrogens (tertiary/aromatic N) is 7. The topological polar surface area (TPSA) is 117 Å². The van der Waals surface area contributed by atoms with Crippen LogP contribution in [-0.4, -0.2) is 62.6 Å². The number of nitriles is 1. The van der Waals surface area contributed by atoms with Crippen LogP contribution in [0.1, 0.15) is 11.3 Å². The maximum absolute atomic E-state index is 12.6. The lowest BCUT2D eigenvalue weighted by atomic mass is 9.95. The predicted molar refractivity (Wildman–Crippen MR) is 122 cm³/mol. The average molecular weight is 467 g/mol. The first-order valence-corrected chi connectivity index (χ1v) is 11.7. The lowest BCUT2D eigenvalue weighted by Crippen LogP contribution is -2.35. The summed E-state index contributed by atoms with van der Waals surface area (Å²) in [5, 5.41) is 17.7. The lowest BCUT2D eigenvalue weighted by Gasteiger charge is -2.18. The van der Waals surface area contributed by atoms with Crippen molar-refractivity contribution in [2.45, 2.75) is 30.5 Å². The summed E-state index contributed by atoms with van der Waals surface area (Å²) in [5.74, 6) is 0.324. The molecule has 3 aromatic rings. The first-order chi connectivity index (χ1) is 17.1. The molecular formula is C25H21N7O3. The van der Waals surface area contributed by atoms with Gasteiger partial charge in [0, 0.05) is 42.9 Å². The van der Waals surface area contributed by atoms with Crippen molar-refractivity contribution in [2.24, 2.45) is 11.8 Å². The molecule has 10 heteroatoms. The number of hydrogen-bond acceptors (Lipinski definition) is 7. The summed E-state index contributed by atoms with van der Waals surface area (Å²) in [4.78, 5) is 31.8. The highest BCUT2D eigenvalue weighted by molar-refractivity contribution is 5.94. The SMILES string of the molecule is N#C[C@@]1(c2ccc(-c3ccc4c(c3)C[C@H]3[C@H](Cn5ccnn5)OC(=O)N43)cn2)[C@@H]2CN(C=O)C[C@@H]21. The minimum absolute atomic E-state index is 0.0758. The standard InChI is InChI=1S/C25H21N7O3/c26-13-25(18-10-30(14-33)11-19(18)25)23-4-2-16(9-27-23)15-1-3-20-17(7-15)8-21-22(35-24(34)32(20)21)12-31-6-5-28-29-31/h1-7,9,14,18-19,21-22H,8,10-12H2/t18-,19+,21-,22-,25-/m0/s1. The maximum atomic E-state index is 12.6. The van der Waals surface area contributed by atoms with Gasteiger partial charge in [0.2, 0.25) is 6.41 Å². The molecule has 4 aliphatic rings. The number of likely N-dealkylation sites (tertiary alicyclic amines) is 1. The van der Waals surface area contributed by atoms with Crippen LogP contribution in [0.15, 0.2) is 48.9 Å². The van der Waals surface area contributed by atoms with Crippen molar-refractivity contribution in [3.8, 4) is 17.2 Å². The number of benzene rings is 1. The molecule has 35 heavy (non-hydrogen) atoms. The van der Waals surface area contributed by atoms with E-state index in [-0.39, 0.29) is 30.1 Å². The van der Waals surface area contributed by atoms with Gasteiger partial charge in [-0.2, -0.15) is 5.26 Å². The molecule has 2 saturated heterocycles. The summed E-state index contributed by atoms with van der Waals surface area (Å²) in [7, 11) is 0. The summed E-state index contributed by atoms with van der Waals surface area (Å²) in [6.45, 7) is 1.70. The smallest absolute Gasteiger partial charge is 0.415 e. The van der Waals surface area contributed by atoms with Gasteiger partial charge in [-0.3, -0.25) is 14.7 Å². The molecule has 3 aliphatic heterocycles. The largest absolute Gasteiger partial charge is 0.442 e. The lowest BCUT2D eigenvalue weighted by molar-refractivity contribution is -0.117. The minimum atomic E-state index is -0.583. The third-order valence-corrected chi connectivity index (χ3v) is 8.08. The molecule has 2 aromatic heterocycles. The van der Waals surface area contributed by atoms with Gasteiger partial charge in [0.25, 0.3) is 0 Å². The van der Waals surface area contributed by atoms with Crippen LogP contribution in [0.2, 0.25) is 0 Å². The van der Waals surface area contributed by atoms with Crippen LogP contribution < -0.4 is 4.90 Å². The summed E-state index contributed by atoms with van der Waals surface area (Å²) in [5.41, 5.74) is 4.14. The third-order valence-electron chi connectivity index (χ3n) is 8.08. The van der Waals surface area contributed by atoms with E-state index in [9.17, 15) is 14.9 Å². The molecule has 1 aromatic carbocycles. The quantitative estimate of drug-likeness (QED) is 0.525. The second-order valence-electron chi connectivity index (χ2n) is 9.72. The molecule has 0 radical (unpaired) electrons. The normalized spacial score (nSPS) is 29.9. The van der Waals surface area contributed by atoms with Crippen LogP contribution in [0.4, 0.5) is 10.5 Å². The van der Waals surface area contributed by atoms with E-state index in [1.54, 1.807) is 26.9 Å². The molecule has 10 nitrogen and oxygen atoms in total. The van der Waals surface area contributed by atoms with Crippen LogP contribution in [0, 0.1) is 23.2 Å². The summed E-state index contributed by atoms with van der Waals surface area (Å²) in [6, 6.07) is 12.4. The summed E-state index contributed by atoms with van der Waals surface area (Å²) in [6.07, 6.45) is 6.13. The van der Waals surface area contributed by atoms with Gasteiger partial charge < -0.3 is 9.64 Å². The number of cyclic esters (lactones) is 1. The van der Waals surface area contributed by atoms with Gasteiger partial charge in [0.1, 0.15) is 11.5 Å². The highest BCUT2D eigenvalue weighted by atomic mass is 16.6. The average Bonchev–Trinajstić information content (AvgIpc) is 3.47. The van der Waals surface area contributed by atoms with Crippen molar-refractivity contribution in [1.29, 1.82) is 5.26 Å². The highest BCUT2D eigenvalue weighted by Crippen LogP contribution is 2.62. The molecule has 174 valence electrons. The van der Waals surface area contributed by atoms with E-state index < -0.39 is 5.41 Å². The second kappa shape index (κ2) is 7.12. The fourth-order valence-electron chi connectivity index (χ4n) is 6.29. The number of rotatable bonds is 5. The molecule has 5 heterocycles. The van der Waals surface area contributed by atoms with Crippen molar-refractivity contribution in [3.05, 3.63) is 60.2 Å². The van der Waals surface area contributed by atoms with E-state index in [0.29, 0.717) is 26.1 Å². The molecule has 0 spiro atoms. The van der Waals surface area contributed by atoms with Gasteiger partial charge in [-0.25, -0.2) is 9.48 Å². The molecular weight excluding hydrogens is 446 g/mol. The molecule has 1 saturated carbocycles. The van der Waals surface area contributed by atoms with Crippen LogP contribution in [0.3, 0.4) is 0 Å². The van der Waals surface area contributed by atoms with Crippen molar-refractivity contribution in [1.82, 2.24) is 24.9 Å². The number of carbonyl (C=O) groups is 2. The Morgan fingerprint density at radius 2 is 2.03 bits per heavy atom. The molecule has 2 amide bonds. The Kier molecular flexibility index (Phi) is 4.10. The highest BCUT2D eigenvalue weighted by Gasteiger charge is 2.70. The fraction of sp³-hybridized carbons (Fsp3) is 0.360. The summed E-state index contributed by atoms with van der Waals surface area (Å²) >= 11 is 0. The Labute approximate surface area is 200 Å². The number of aromatic nitrogens is 4. The van der Waals surface area contributed by atoms with E-state index in [1.165, 1.54) is 0 Å². The van der Waals surface area contributed by atoms with E-state index in [4.69, 9.17) is 4.74 Å². The third kappa shape index (κ3) is 2.78. The van der Waals surface area contributed by atoms with Gasteiger partial charge >= 0.3 is 6.09 Å². The molecule has 0 bridgehead atoms. The van der Waals surface area contributed by atoms with Crippen molar-refractivity contribution < 1.29 is 14.3 Å². The number of carbonyl (C=O) groups excluding carboxylic acids is 2. The van der Waals surface area contributed by atoms with E-state index >= 15 is 0 Å². The molecule has 1 aliphatic carbocycles. The van der Waals surface area contributed by atoms with Crippen molar-refractivity contribution in [3.63, 3.8) is 0 Å². The minimum Gasteiger partial charge on any atom is -0.442 e. The molecule has 0 unspecified atom stereocenters. The first-order valence-electron chi connectivity index (χ1n) is 11.7. The van der Waals surface area contributed by atoms with E-state index in [2.05, 4.69) is 27.4 Å². The second-order valence-corrected chi connectivity index (χ2v) is 9.72. The van der Waals surface area contributed by atoms with Crippen molar-refractivity contribution in [2.75, 3.05) is 18.0 Å². The van der Waals surface area contributed by atoms with Gasteiger partial charge in [-0.05, 0) is 35.7 Å². The first kappa shape index (κ1) is 20.1. The molecule has 3 fully saturated rings. The summed E-state index contributed by atoms with van der Waals surface area (Å²) < 4.78 is 7.30. The molecule has 0 N–H and O–H groups in total. The Balaban J connectivity index is 1.12. The number of piperidine rings is 1. The van der Waals surface area contributed by atoms with Crippen molar-refractivity contribution >= 4 is 18.2 Å². The molecule has 5 atom stereocenters. The maximum Gasteiger partial charge on any atom is 0.415 e. The van der Waals surface area contributed by atoms with Gasteiger partial charge in [0.15, 0.2) is 0 Å². The zero-order valence-electron chi connectivity index (χ0n) is 18.7. The fourth-order valence-corrected chi connectivity index (χ4v) is 6.29. The zero-order valence-corrected chi connectivity index (χ0v) is 18.7. The van der Waals surface area contributed by atoms with Crippen LogP contribution >= 0.6 is 0 Å². The van der Waals surface area contributed by atoms with Crippen LogP contribution in [-0.2, 0) is 27.9 Å². The van der Waals surface area contributed by atoms with Gasteiger partial charge in [0.05, 0.1) is 36.2 Å². The molecule has 7 rings (SSSR count). The Morgan fingerprint density at radius 1 is 1.20 bits per heavy atom. The zero-order chi connectivity index (χ0) is 23.7. The number of amides is 2. The van der Waals surface area contributed by atoms with Gasteiger partial charge in [-0.15, -0.1) is 5.10 Å². The number of hydrogen-bond donors (Lipinski definition) is 0. The number of fused-ring (bicyclic) bond motifs is 4. The van der Waals surface area contributed by atoms with E-state index in [0.717, 1.165) is 34.5 Å². The monoisotopic (exact) mass is 467 g/mol. The number of pyridine rings is 1. The van der Waals surface area contributed by atoms with Crippen LogP contribution in [0.5, 0.6) is 0 Å².